The Bertz CT molecular complexity index is 1010. The minimum absolute atomic E-state index is 0.467. The third kappa shape index (κ3) is 6.38. The fourth-order valence-electron chi connectivity index (χ4n) is 5.03. The molecule has 2 aromatic carbocycles. The Hall–Kier alpha value is -2.33. The number of imidazole rings is 1. The van der Waals surface area contributed by atoms with Crippen LogP contribution in [0.4, 0.5) is 0 Å². The zero-order valence-corrected chi connectivity index (χ0v) is 20.9. The molecule has 4 nitrogen and oxygen atoms in total. The third-order valence-electron chi connectivity index (χ3n) is 6.88. The van der Waals surface area contributed by atoms with Gasteiger partial charge < -0.3 is 14.2 Å². The van der Waals surface area contributed by atoms with E-state index in [1.54, 1.807) is 0 Å². The van der Waals surface area contributed by atoms with Crippen LogP contribution in [-0.4, -0.2) is 40.7 Å². The number of benzene rings is 2. The lowest BCUT2D eigenvalue weighted by Crippen LogP contribution is -2.26. The molecule has 1 saturated heterocycles. The van der Waals surface area contributed by atoms with Gasteiger partial charge in [0.2, 0.25) is 0 Å². The van der Waals surface area contributed by atoms with E-state index in [1.807, 2.05) is 0 Å². The first-order valence-corrected chi connectivity index (χ1v) is 13.0. The molecule has 0 aliphatic carbocycles. The van der Waals surface area contributed by atoms with Gasteiger partial charge in [0.25, 0.3) is 0 Å². The molecule has 178 valence electrons. The third-order valence-corrected chi connectivity index (χ3v) is 6.88. The summed E-state index contributed by atoms with van der Waals surface area (Å²) in [4.78, 5) is 7.66. The molecular formula is C29H41N3O. The largest absolute Gasteiger partial charge is 0.493 e. The molecule has 1 aliphatic heterocycles. The molecule has 0 atom stereocenters. The van der Waals surface area contributed by atoms with Crippen LogP contribution in [0.25, 0.3) is 11.0 Å². The maximum absolute atomic E-state index is 6.26. The molecule has 0 radical (unpaired) electrons. The van der Waals surface area contributed by atoms with E-state index < -0.39 is 0 Å². The first-order chi connectivity index (χ1) is 16.1. The Balaban J connectivity index is 1.37. The first kappa shape index (κ1) is 23.8. The number of aryl methyl sites for hydroxylation is 3. The fraction of sp³-hybridized carbons (Fsp3) is 0.552. The van der Waals surface area contributed by atoms with Crippen molar-refractivity contribution in [2.24, 2.45) is 0 Å². The van der Waals surface area contributed by atoms with Crippen molar-refractivity contribution in [3.8, 4) is 5.75 Å². The van der Waals surface area contributed by atoms with Crippen LogP contribution in [-0.2, 0) is 13.0 Å². The van der Waals surface area contributed by atoms with Gasteiger partial charge in [0, 0.05) is 13.0 Å². The highest BCUT2D eigenvalue weighted by molar-refractivity contribution is 5.75. The van der Waals surface area contributed by atoms with Gasteiger partial charge in [-0.15, -0.1) is 0 Å². The summed E-state index contributed by atoms with van der Waals surface area (Å²) in [5.74, 6) is 2.73. The SMILES string of the molecule is Cc1ccc(C(C)C)c(OCCCn2c(CCCN3CCCCCC3)nc3ccccc32)c1. The number of rotatable bonds is 10. The number of para-hydroxylation sites is 2. The first-order valence-electron chi connectivity index (χ1n) is 13.0. The van der Waals surface area contributed by atoms with Crippen molar-refractivity contribution in [2.75, 3.05) is 26.2 Å². The summed E-state index contributed by atoms with van der Waals surface area (Å²) < 4.78 is 8.69. The Morgan fingerprint density at radius 3 is 2.52 bits per heavy atom. The zero-order valence-electron chi connectivity index (χ0n) is 20.9. The molecule has 0 unspecified atom stereocenters. The standard InChI is InChI=1S/C29H41N3O/c1-23(2)25-16-15-24(3)22-28(25)33-21-11-20-32-27-13-7-6-12-26(27)30-29(32)14-10-19-31-17-8-4-5-9-18-31/h6-7,12-13,15-16,22-23H,4-5,8-11,14,17-21H2,1-3H3. The molecule has 4 heteroatoms. The number of aromatic nitrogens is 2. The summed E-state index contributed by atoms with van der Waals surface area (Å²) in [6.45, 7) is 12.0. The highest BCUT2D eigenvalue weighted by Gasteiger charge is 2.13. The predicted octanol–water partition coefficient (Wildman–Crippen LogP) is 6.75. The fourth-order valence-corrected chi connectivity index (χ4v) is 5.03. The normalized spacial score (nSPS) is 15.3. The van der Waals surface area contributed by atoms with Crippen LogP contribution in [0, 0.1) is 6.92 Å². The lowest BCUT2D eigenvalue weighted by Gasteiger charge is -2.19. The zero-order chi connectivity index (χ0) is 23.0. The summed E-state index contributed by atoms with van der Waals surface area (Å²) in [5, 5.41) is 0. The van der Waals surface area contributed by atoms with Gasteiger partial charge >= 0.3 is 0 Å². The van der Waals surface area contributed by atoms with Crippen molar-refractivity contribution in [3.63, 3.8) is 0 Å². The Labute approximate surface area is 200 Å². The molecule has 3 aromatic rings. The maximum atomic E-state index is 6.26. The monoisotopic (exact) mass is 447 g/mol. The maximum Gasteiger partial charge on any atom is 0.123 e. The summed E-state index contributed by atoms with van der Waals surface area (Å²) in [7, 11) is 0. The highest BCUT2D eigenvalue weighted by atomic mass is 16.5. The van der Waals surface area contributed by atoms with Crippen molar-refractivity contribution in [1.82, 2.24) is 14.5 Å². The van der Waals surface area contributed by atoms with Crippen molar-refractivity contribution < 1.29 is 4.74 Å². The number of likely N-dealkylation sites (tertiary alicyclic amines) is 1. The smallest absolute Gasteiger partial charge is 0.123 e. The second-order valence-electron chi connectivity index (χ2n) is 9.93. The average Bonchev–Trinajstić information content (AvgIpc) is 2.95. The Kier molecular flexibility index (Phi) is 8.44. The van der Waals surface area contributed by atoms with Crippen molar-refractivity contribution in [3.05, 3.63) is 59.4 Å². The van der Waals surface area contributed by atoms with Gasteiger partial charge in [-0.3, -0.25) is 0 Å². The number of hydrogen-bond acceptors (Lipinski definition) is 3. The van der Waals surface area contributed by atoms with E-state index in [4.69, 9.17) is 9.72 Å². The lowest BCUT2D eigenvalue weighted by molar-refractivity contribution is 0.280. The quantitative estimate of drug-likeness (QED) is 0.322. The van der Waals surface area contributed by atoms with Crippen molar-refractivity contribution in [1.29, 1.82) is 0 Å². The van der Waals surface area contributed by atoms with Gasteiger partial charge in [0.15, 0.2) is 0 Å². The van der Waals surface area contributed by atoms with E-state index >= 15 is 0 Å². The van der Waals surface area contributed by atoms with Crippen LogP contribution < -0.4 is 4.74 Å². The summed E-state index contributed by atoms with van der Waals surface area (Å²) in [6, 6.07) is 15.1. The second kappa shape index (κ2) is 11.7. The van der Waals surface area contributed by atoms with Crippen LogP contribution in [0.1, 0.15) is 75.2 Å². The van der Waals surface area contributed by atoms with Crippen molar-refractivity contribution in [2.45, 2.75) is 78.2 Å². The molecule has 1 aliphatic rings. The van der Waals surface area contributed by atoms with Gasteiger partial charge in [-0.2, -0.15) is 0 Å². The highest BCUT2D eigenvalue weighted by Crippen LogP contribution is 2.27. The Morgan fingerprint density at radius 2 is 1.73 bits per heavy atom. The van der Waals surface area contributed by atoms with Crippen LogP contribution in [0.3, 0.4) is 0 Å². The Morgan fingerprint density at radius 1 is 0.939 bits per heavy atom. The number of ether oxygens (including phenoxy) is 1. The molecule has 0 spiro atoms. The van der Waals surface area contributed by atoms with E-state index in [0.717, 1.165) is 37.3 Å². The summed E-state index contributed by atoms with van der Waals surface area (Å²) in [6.07, 6.45) is 8.72. The summed E-state index contributed by atoms with van der Waals surface area (Å²) in [5.41, 5.74) is 4.91. The number of hydrogen-bond donors (Lipinski definition) is 0. The van der Waals surface area contributed by atoms with Crippen molar-refractivity contribution >= 4 is 11.0 Å². The van der Waals surface area contributed by atoms with Gasteiger partial charge in [-0.05, 0) is 87.5 Å². The lowest BCUT2D eigenvalue weighted by atomic mass is 10.0. The van der Waals surface area contributed by atoms with Gasteiger partial charge in [0.1, 0.15) is 11.6 Å². The topological polar surface area (TPSA) is 30.3 Å². The van der Waals surface area contributed by atoms with E-state index in [9.17, 15) is 0 Å². The molecule has 1 aromatic heterocycles. The van der Waals surface area contributed by atoms with Crippen LogP contribution >= 0.6 is 0 Å². The minimum Gasteiger partial charge on any atom is -0.493 e. The molecular weight excluding hydrogens is 406 g/mol. The average molecular weight is 448 g/mol. The van der Waals surface area contributed by atoms with Gasteiger partial charge in [0.05, 0.1) is 17.6 Å². The van der Waals surface area contributed by atoms with Crippen LogP contribution in [0.15, 0.2) is 42.5 Å². The number of nitrogens with zero attached hydrogens (tertiary/aromatic N) is 3. The molecule has 2 heterocycles. The molecule has 0 amide bonds. The molecule has 33 heavy (non-hydrogen) atoms. The molecule has 0 bridgehead atoms. The number of fused-ring (bicyclic) bond motifs is 1. The second-order valence-corrected chi connectivity index (χ2v) is 9.93. The summed E-state index contributed by atoms with van der Waals surface area (Å²) >= 11 is 0. The van der Waals surface area contributed by atoms with Crippen LogP contribution in [0.5, 0.6) is 5.75 Å². The van der Waals surface area contributed by atoms with Gasteiger partial charge in [-0.25, -0.2) is 4.98 Å². The van der Waals surface area contributed by atoms with E-state index in [-0.39, 0.29) is 0 Å². The van der Waals surface area contributed by atoms with Crippen LogP contribution in [0.2, 0.25) is 0 Å². The van der Waals surface area contributed by atoms with Gasteiger partial charge in [-0.1, -0.05) is 51.0 Å². The molecule has 0 saturated carbocycles. The minimum atomic E-state index is 0.467. The van der Waals surface area contributed by atoms with E-state index in [2.05, 4.69) is 72.7 Å². The molecule has 4 rings (SSSR count). The molecule has 0 N–H and O–H groups in total. The predicted molar refractivity (Wildman–Crippen MR) is 138 cm³/mol. The van der Waals surface area contributed by atoms with E-state index in [0.29, 0.717) is 5.92 Å². The van der Waals surface area contributed by atoms with E-state index in [1.165, 1.54) is 74.2 Å². The molecule has 1 fully saturated rings.